The second-order valence-corrected chi connectivity index (χ2v) is 7.94. The van der Waals surface area contributed by atoms with Crippen molar-refractivity contribution in [3.05, 3.63) is 58.3 Å². The molecule has 160 valence electrons. The molecule has 1 N–H and O–H groups in total. The van der Waals surface area contributed by atoms with E-state index in [0.29, 0.717) is 16.9 Å². The smallest absolute Gasteiger partial charge is 0.303 e. The monoisotopic (exact) mass is 438 g/mol. The van der Waals surface area contributed by atoms with E-state index in [9.17, 15) is 8.78 Å². The fraction of sp³-hybridized carbons (Fsp3) is 0.381. The van der Waals surface area contributed by atoms with Crippen molar-refractivity contribution in [2.24, 2.45) is 0 Å². The van der Waals surface area contributed by atoms with Gasteiger partial charge in [-0.1, -0.05) is 23.7 Å². The van der Waals surface area contributed by atoms with Crippen LogP contribution in [0.2, 0.25) is 5.15 Å². The maximum absolute atomic E-state index is 15.2. The van der Waals surface area contributed by atoms with Crippen molar-refractivity contribution in [2.45, 2.75) is 45.3 Å². The number of methoxy groups -OCH3 is 1. The fourth-order valence-corrected chi connectivity index (χ4v) is 3.27. The molecular weight excluding hydrogens is 417 g/mol. The Balaban J connectivity index is 2.02. The normalized spacial score (nSPS) is 13.5. The van der Waals surface area contributed by atoms with Gasteiger partial charge in [-0.15, -0.1) is 5.10 Å². The molecule has 0 saturated carbocycles. The van der Waals surface area contributed by atoms with Crippen LogP contribution in [0.5, 0.6) is 0 Å². The molecule has 0 saturated heterocycles. The predicted octanol–water partition coefficient (Wildman–Crippen LogP) is 5.82. The molecule has 5 nitrogen and oxygen atoms in total. The van der Waals surface area contributed by atoms with Crippen molar-refractivity contribution in [3.8, 4) is 0 Å². The summed E-state index contributed by atoms with van der Waals surface area (Å²) in [5.41, 5.74) is -1.89. The van der Waals surface area contributed by atoms with Crippen LogP contribution in [0.1, 0.15) is 43.6 Å². The minimum Gasteiger partial charge on any atom is -0.372 e. The average molecular weight is 439 g/mol. The summed E-state index contributed by atoms with van der Waals surface area (Å²) in [6.07, 6.45) is 1.58. The van der Waals surface area contributed by atoms with Gasteiger partial charge in [0.25, 0.3) is 0 Å². The summed E-state index contributed by atoms with van der Waals surface area (Å²) in [7, 11) is 1.17. The predicted molar refractivity (Wildman–Crippen MR) is 110 cm³/mol. The molecule has 3 aromatic rings. The first-order chi connectivity index (χ1) is 14.0. The maximum Gasteiger partial charge on any atom is 0.303 e. The van der Waals surface area contributed by atoms with Crippen LogP contribution in [0.3, 0.4) is 0 Å². The van der Waals surface area contributed by atoms with Crippen LogP contribution in [0, 0.1) is 12.7 Å². The summed E-state index contributed by atoms with van der Waals surface area (Å²) in [6, 6.07) is 4.85. The van der Waals surface area contributed by atoms with Crippen LogP contribution >= 0.6 is 11.6 Å². The van der Waals surface area contributed by atoms with Gasteiger partial charge in [0, 0.05) is 29.6 Å². The number of nitrogens with one attached hydrogen (secondary N) is 1. The number of halogens is 4. The quantitative estimate of drug-likeness (QED) is 0.492. The molecule has 0 radical (unpaired) electrons. The summed E-state index contributed by atoms with van der Waals surface area (Å²) in [6.45, 7) is 5.86. The Morgan fingerprint density at radius 2 is 1.87 bits per heavy atom. The van der Waals surface area contributed by atoms with E-state index in [-0.39, 0.29) is 10.7 Å². The molecule has 1 unspecified atom stereocenters. The number of alkyl halides is 2. The van der Waals surface area contributed by atoms with Gasteiger partial charge in [0.05, 0.1) is 17.3 Å². The van der Waals surface area contributed by atoms with Crippen LogP contribution in [0.4, 0.5) is 19.0 Å². The minimum atomic E-state index is -3.54. The number of rotatable bonds is 6. The Morgan fingerprint density at radius 3 is 2.53 bits per heavy atom. The summed E-state index contributed by atoms with van der Waals surface area (Å²) in [4.78, 5) is 4.05. The van der Waals surface area contributed by atoms with E-state index in [1.54, 1.807) is 26.1 Å². The lowest BCUT2D eigenvalue weighted by Crippen LogP contribution is -2.43. The lowest BCUT2D eigenvalue weighted by atomic mass is 9.90. The van der Waals surface area contributed by atoms with Crippen LogP contribution in [-0.2, 0) is 10.7 Å². The summed E-state index contributed by atoms with van der Waals surface area (Å²) >= 11 is 6.01. The maximum atomic E-state index is 15.2. The van der Waals surface area contributed by atoms with Gasteiger partial charge in [0.2, 0.25) is 0 Å². The molecule has 0 fully saturated rings. The van der Waals surface area contributed by atoms with Gasteiger partial charge in [-0.3, -0.25) is 0 Å². The number of aryl methyl sites for hydroxylation is 1. The van der Waals surface area contributed by atoms with Gasteiger partial charge in [-0.25, -0.2) is 9.37 Å². The Bertz CT molecular complexity index is 1090. The molecule has 2 heterocycles. The third-order valence-corrected chi connectivity index (χ3v) is 5.48. The first-order valence-electron chi connectivity index (χ1n) is 9.26. The number of fused-ring (bicyclic) bond motifs is 1. The van der Waals surface area contributed by atoms with E-state index in [0.717, 1.165) is 11.5 Å². The lowest BCUT2D eigenvalue weighted by molar-refractivity contribution is -0.186. The number of hydrogen-bond donors (Lipinski definition) is 1. The van der Waals surface area contributed by atoms with Gasteiger partial charge in [-0.2, -0.15) is 13.9 Å². The number of benzene rings is 1. The number of anilines is 1. The highest BCUT2D eigenvalue weighted by Crippen LogP contribution is 2.43. The van der Waals surface area contributed by atoms with Crippen LogP contribution < -0.4 is 5.32 Å². The Morgan fingerprint density at radius 1 is 1.17 bits per heavy atom. The summed E-state index contributed by atoms with van der Waals surface area (Å²) < 4.78 is 50.0. The van der Waals surface area contributed by atoms with Crippen molar-refractivity contribution in [1.82, 2.24) is 15.2 Å². The van der Waals surface area contributed by atoms with Gasteiger partial charge in [0.15, 0.2) is 5.82 Å². The second kappa shape index (κ2) is 8.00. The standard InChI is InChI=1S/C21H22ClF3N4O/c1-11(27-19-14-9-17(22)26-10-15(14)12(2)28-29-19)13-7-6-8-16(18(13)23)21(24,25)20(3,4)30-5/h6-11H,1-5H3,(H,27,29). The highest BCUT2D eigenvalue weighted by atomic mass is 35.5. The topological polar surface area (TPSA) is 59.9 Å². The number of aromatic nitrogens is 3. The molecule has 2 aromatic heterocycles. The number of hydrogen-bond acceptors (Lipinski definition) is 5. The second-order valence-electron chi connectivity index (χ2n) is 7.55. The van der Waals surface area contributed by atoms with E-state index in [1.165, 1.54) is 33.1 Å². The molecular formula is C21H22ClF3N4O. The molecule has 1 atom stereocenters. The molecule has 9 heteroatoms. The molecule has 1 aromatic carbocycles. The van der Waals surface area contributed by atoms with Crippen LogP contribution in [-0.4, -0.2) is 27.9 Å². The minimum absolute atomic E-state index is 0.0646. The van der Waals surface area contributed by atoms with Gasteiger partial charge >= 0.3 is 5.92 Å². The number of ether oxygens (including phenoxy) is 1. The largest absolute Gasteiger partial charge is 0.372 e. The molecule has 3 rings (SSSR count). The first-order valence-corrected chi connectivity index (χ1v) is 9.64. The van der Waals surface area contributed by atoms with E-state index < -0.39 is 28.9 Å². The molecule has 0 aliphatic rings. The average Bonchev–Trinajstić information content (AvgIpc) is 2.69. The molecule has 0 spiro atoms. The van der Waals surface area contributed by atoms with Crippen molar-refractivity contribution >= 4 is 28.2 Å². The molecule has 0 aliphatic heterocycles. The van der Waals surface area contributed by atoms with E-state index >= 15 is 4.39 Å². The molecule has 30 heavy (non-hydrogen) atoms. The summed E-state index contributed by atoms with van der Waals surface area (Å²) in [5, 5.41) is 12.9. The highest BCUT2D eigenvalue weighted by molar-refractivity contribution is 6.30. The molecule has 0 amide bonds. The lowest BCUT2D eigenvalue weighted by Gasteiger charge is -2.33. The zero-order valence-electron chi connectivity index (χ0n) is 17.2. The fourth-order valence-electron chi connectivity index (χ4n) is 3.12. The van der Waals surface area contributed by atoms with Gasteiger partial charge in [-0.05, 0) is 39.8 Å². The zero-order chi connectivity index (χ0) is 22.3. The van der Waals surface area contributed by atoms with Crippen molar-refractivity contribution in [2.75, 3.05) is 12.4 Å². The van der Waals surface area contributed by atoms with Gasteiger partial charge in [0.1, 0.15) is 16.6 Å². The Labute approximate surface area is 177 Å². The van der Waals surface area contributed by atoms with Crippen molar-refractivity contribution in [1.29, 1.82) is 0 Å². The van der Waals surface area contributed by atoms with E-state index in [4.69, 9.17) is 16.3 Å². The van der Waals surface area contributed by atoms with Crippen LogP contribution in [0.25, 0.3) is 10.8 Å². The van der Waals surface area contributed by atoms with E-state index in [2.05, 4.69) is 20.5 Å². The zero-order valence-corrected chi connectivity index (χ0v) is 18.0. The third kappa shape index (κ3) is 3.81. The number of nitrogens with zero attached hydrogens (tertiary/aromatic N) is 3. The Kier molecular flexibility index (Phi) is 5.93. The Hall–Kier alpha value is -2.45. The molecule has 0 bridgehead atoms. The summed E-state index contributed by atoms with van der Waals surface area (Å²) in [5.74, 6) is -4.20. The SMILES string of the molecule is COC(C)(C)C(F)(F)c1cccc(C(C)Nc2nnc(C)c3cnc(Cl)cc23)c1F. The van der Waals surface area contributed by atoms with Crippen molar-refractivity contribution in [3.63, 3.8) is 0 Å². The number of pyridine rings is 1. The third-order valence-electron chi connectivity index (χ3n) is 5.27. The van der Waals surface area contributed by atoms with Gasteiger partial charge < -0.3 is 10.1 Å². The van der Waals surface area contributed by atoms with E-state index in [1.807, 2.05) is 0 Å². The first kappa shape index (κ1) is 22.2. The van der Waals surface area contributed by atoms with Crippen molar-refractivity contribution < 1.29 is 17.9 Å². The highest BCUT2D eigenvalue weighted by Gasteiger charge is 2.50. The molecule has 0 aliphatic carbocycles. The van der Waals surface area contributed by atoms with Crippen LogP contribution in [0.15, 0.2) is 30.5 Å².